The van der Waals surface area contributed by atoms with Gasteiger partial charge in [0.25, 0.3) is 0 Å². The van der Waals surface area contributed by atoms with Gasteiger partial charge in [-0.3, -0.25) is 9.71 Å². The molecule has 1 aromatic carbocycles. The van der Waals surface area contributed by atoms with E-state index in [4.69, 9.17) is 9.97 Å². The smallest absolute Gasteiger partial charge is 0.229 e. The largest absolute Gasteiger partial charge is 0.368 e. The molecule has 0 saturated carbocycles. The molecule has 32 heavy (non-hydrogen) atoms. The standard InChI is InChI=1S/C22H25N7O2S/c1-15(2)29-14-25-19-21(26-20(27-22(19)29)17-5-4-11-23-13-17)24-12-10-16-6-8-18(9-7-16)28-32(3,30)31/h4-9,11,13-15,28H,10,12H2,1-3H3,(H,24,26,27). The van der Waals surface area contributed by atoms with Gasteiger partial charge in [-0.15, -0.1) is 0 Å². The minimum Gasteiger partial charge on any atom is -0.368 e. The number of hydrogen-bond donors (Lipinski definition) is 2. The number of benzene rings is 1. The van der Waals surface area contributed by atoms with Gasteiger partial charge in [-0.25, -0.2) is 23.4 Å². The number of imidazole rings is 1. The molecule has 0 radical (unpaired) electrons. The third kappa shape index (κ3) is 5.02. The fourth-order valence-corrected chi connectivity index (χ4v) is 3.88. The molecule has 166 valence electrons. The Bertz CT molecular complexity index is 1320. The summed E-state index contributed by atoms with van der Waals surface area (Å²) < 4.78 is 27.2. The Balaban J connectivity index is 1.56. The summed E-state index contributed by atoms with van der Waals surface area (Å²) >= 11 is 0. The molecule has 0 fully saturated rings. The summed E-state index contributed by atoms with van der Waals surface area (Å²) in [6, 6.07) is 11.3. The summed E-state index contributed by atoms with van der Waals surface area (Å²) in [6.45, 7) is 4.80. The normalized spacial score (nSPS) is 11.8. The number of sulfonamides is 1. The van der Waals surface area contributed by atoms with Crippen LogP contribution in [0.15, 0.2) is 55.1 Å². The van der Waals surface area contributed by atoms with Crippen molar-refractivity contribution in [3.8, 4) is 11.4 Å². The zero-order chi connectivity index (χ0) is 22.7. The molecule has 4 rings (SSSR count). The number of pyridine rings is 1. The molecule has 0 aliphatic rings. The molecule has 0 spiro atoms. The number of nitrogens with one attached hydrogen (secondary N) is 2. The Labute approximate surface area is 187 Å². The molecule has 0 bridgehead atoms. The van der Waals surface area contributed by atoms with Crippen molar-refractivity contribution in [2.75, 3.05) is 22.8 Å². The summed E-state index contributed by atoms with van der Waals surface area (Å²) in [4.78, 5) is 18.2. The van der Waals surface area contributed by atoms with Gasteiger partial charge >= 0.3 is 0 Å². The third-order valence-corrected chi connectivity index (χ3v) is 5.47. The van der Waals surface area contributed by atoms with Crippen molar-refractivity contribution in [2.45, 2.75) is 26.3 Å². The Morgan fingerprint density at radius 3 is 2.53 bits per heavy atom. The first kappa shape index (κ1) is 21.7. The van der Waals surface area contributed by atoms with Gasteiger partial charge in [0.2, 0.25) is 10.0 Å². The van der Waals surface area contributed by atoms with Crippen LogP contribution in [-0.4, -0.2) is 45.7 Å². The Hall–Kier alpha value is -3.53. The number of hydrogen-bond acceptors (Lipinski definition) is 7. The first-order valence-electron chi connectivity index (χ1n) is 10.3. The zero-order valence-electron chi connectivity index (χ0n) is 18.1. The highest BCUT2D eigenvalue weighted by molar-refractivity contribution is 7.92. The van der Waals surface area contributed by atoms with Gasteiger partial charge in [-0.2, -0.15) is 0 Å². The van der Waals surface area contributed by atoms with Gasteiger partial charge in [0.15, 0.2) is 17.3 Å². The van der Waals surface area contributed by atoms with Crippen LogP contribution in [0, 0.1) is 0 Å². The molecular formula is C22H25N7O2S. The predicted molar refractivity (Wildman–Crippen MR) is 126 cm³/mol. The number of fused-ring (bicyclic) bond motifs is 1. The quantitative estimate of drug-likeness (QED) is 0.421. The average molecular weight is 452 g/mol. The Morgan fingerprint density at radius 1 is 1.09 bits per heavy atom. The average Bonchev–Trinajstić information content (AvgIpc) is 3.19. The SMILES string of the molecule is CC(C)n1cnc2c(NCCc3ccc(NS(C)(=O)=O)cc3)nc(-c3cccnc3)nc21. The maximum atomic E-state index is 11.4. The van der Waals surface area contributed by atoms with Crippen LogP contribution < -0.4 is 10.0 Å². The molecule has 4 aromatic rings. The maximum Gasteiger partial charge on any atom is 0.229 e. The van der Waals surface area contributed by atoms with Crippen LogP contribution in [0.5, 0.6) is 0 Å². The van der Waals surface area contributed by atoms with E-state index in [-0.39, 0.29) is 6.04 Å². The lowest BCUT2D eigenvalue weighted by Crippen LogP contribution is -2.10. The molecule has 0 aliphatic heterocycles. The second kappa shape index (κ2) is 8.91. The molecule has 0 aliphatic carbocycles. The third-order valence-electron chi connectivity index (χ3n) is 4.86. The molecule has 0 unspecified atom stereocenters. The number of anilines is 2. The summed E-state index contributed by atoms with van der Waals surface area (Å²) in [6.07, 6.45) is 7.12. The van der Waals surface area contributed by atoms with E-state index in [2.05, 4.69) is 33.9 Å². The molecular weight excluding hydrogens is 426 g/mol. The van der Waals surface area contributed by atoms with Crippen molar-refractivity contribution >= 4 is 32.7 Å². The lowest BCUT2D eigenvalue weighted by Gasteiger charge is -2.11. The predicted octanol–water partition coefficient (Wildman–Crippen LogP) is 3.50. The van der Waals surface area contributed by atoms with Gasteiger partial charge in [0, 0.05) is 36.2 Å². The molecule has 0 saturated heterocycles. The van der Waals surface area contributed by atoms with Gasteiger partial charge in [-0.1, -0.05) is 12.1 Å². The molecule has 0 amide bonds. The first-order chi connectivity index (χ1) is 15.3. The van der Waals surface area contributed by atoms with E-state index in [0.29, 0.717) is 23.9 Å². The van der Waals surface area contributed by atoms with E-state index in [1.807, 2.05) is 28.8 Å². The number of nitrogens with zero attached hydrogens (tertiary/aromatic N) is 5. The van der Waals surface area contributed by atoms with Crippen LogP contribution in [-0.2, 0) is 16.4 Å². The summed E-state index contributed by atoms with van der Waals surface area (Å²) in [5, 5.41) is 3.39. The van der Waals surface area contributed by atoms with Gasteiger partial charge in [0.1, 0.15) is 5.52 Å². The van der Waals surface area contributed by atoms with Gasteiger partial charge in [-0.05, 0) is 50.1 Å². The lowest BCUT2D eigenvalue weighted by atomic mass is 10.1. The van der Waals surface area contributed by atoms with E-state index in [1.165, 1.54) is 0 Å². The minimum absolute atomic E-state index is 0.212. The van der Waals surface area contributed by atoms with Gasteiger partial charge < -0.3 is 9.88 Å². The number of rotatable bonds is 8. The van der Waals surface area contributed by atoms with E-state index in [1.54, 1.807) is 30.9 Å². The topological polar surface area (TPSA) is 115 Å². The first-order valence-corrected chi connectivity index (χ1v) is 12.1. The monoisotopic (exact) mass is 451 g/mol. The van der Waals surface area contributed by atoms with Crippen molar-refractivity contribution in [3.63, 3.8) is 0 Å². The minimum atomic E-state index is -3.28. The van der Waals surface area contributed by atoms with Crippen LogP contribution >= 0.6 is 0 Å². The van der Waals surface area contributed by atoms with Crippen LogP contribution in [0.2, 0.25) is 0 Å². The zero-order valence-corrected chi connectivity index (χ0v) is 19.0. The van der Waals surface area contributed by atoms with E-state index in [0.717, 1.165) is 35.0 Å². The fourth-order valence-electron chi connectivity index (χ4n) is 3.32. The van der Waals surface area contributed by atoms with Crippen molar-refractivity contribution < 1.29 is 8.42 Å². The van der Waals surface area contributed by atoms with E-state index in [9.17, 15) is 8.42 Å². The molecule has 0 atom stereocenters. The summed E-state index contributed by atoms with van der Waals surface area (Å²) in [5.74, 6) is 1.26. The maximum absolute atomic E-state index is 11.4. The molecule has 2 N–H and O–H groups in total. The second-order valence-corrected chi connectivity index (χ2v) is 9.55. The lowest BCUT2D eigenvalue weighted by molar-refractivity contribution is 0.606. The Kier molecular flexibility index (Phi) is 6.04. The number of aromatic nitrogens is 5. The molecule has 9 nitrogen and oxygen atoms in total. The highest BCUT2D eigenvalue weighted by Crippen LogP contribution is 2.25. The Morgan fingerprint density at radius 2 is 1.88 bits per heavy atom. The molecule has 3 aromatic heterocycles. The van der Waals surface area contributed by atoms with Crippen molar-refractivity contribution in [2.24, 2.45) is 0 Å². The van der Waals surface area contributed by atoms with Crippen LogP contribution in [0.1, 0.15) is 25.5 Å². The van der Waals surface area contributed by atoms with E-state index >= 15 is 0 Å². The summed E-state index contributed by atoms with van der Waals surface area (Å²) in [7, 11) is -3.28. The van der Waals surface area contributed by atoms with Crippen molar-refractivity contribution in [3.05, 3.63) is 60.7 Å². The van der Waals surface area contributed by atoms with E-state index < -0.39 is 10.0 Å². The van der Waals surface area contributed by atoms with Crippen LogP contribution in [0.4, 0.5) is 11.5 Å². The van der Waals surface area contributed by atoms with Crippen molar-refractivity contribution in [1.82, 2.24) is 24.5 Å². The molecule has 3 heterocycles. The van der Waals surface area contributed by atoms with Crippen LogP contribution in [0.25, 0.3) is 22.6 Å². The summed E-state index contributed by atoms with van der Waals surface area (Å²) in [5.41, 5.74) is 3.94. The van der Waals surface area contributed by atoms with Crippen molar-refractivity contribution in [1.29, 1.82) is 0 Å². The highest BCUT2D eigenvalue weighted by Gasteiger charge is 2.15. The molecule has 10 heteroatoms. The highest BCUT2D eigenvalue weighted by atomic mass is 32.2. The van der Waals surface area contributed by atoms with Gasteiger partial charge in [0.05, 0.1) is 12.6 Å². The van der Waals surface area contributed by atoms with Crippen LogP contribution in [0.3, 0.4) is 0 Å². The second-order valence-electron chi connectivity index (χ2n) is 7.80. The fraction of sp³-hybridized carbons (Fsp3) is 0.273.